The van der Waals surface area contributed by atoms with Crippen LogP contribution in [0.4, 0.5) is 5.82 Å². The van der Waals surface area contributed by atoms with Gasteiger partial charge in [-0.3, -0.25) is 0 Å². The first kappa shape index (κ1) is 21.5. The standard InChI is InChI=1S/C25H28N4OS/c1-4-11-31-12-5-6-21-17-26-23-13-18(2)28-29(23)24(21)27-16-19-7-9-20(10-8-19)22-14-25(3,30)15-22/h4-11,13,16-17,22,30H,12,14-15H2,1-3H3/b6-5+,11-4-,27-16+. The quantitative estimate of drug-likeness (QED) is 0.384. The fourth-order valence-corrected chi connectivity index (χ4v) is 4.42. The van der Waals surface area contributed by atoms with E-state index < -0.39 is 5.60 Å². The maximum atomic E-state index is 9.98. The van der Waals surface area contributed by atoms with Crippen molar-refractivity contribution in [3.63, 3.8) is 0 Å². The van der Waals surface area contributed by atoms with Crippen molar-refractivity contribution in [3.05, 3.63) is 76.5 Å². The SMILES string of the molecule is C/C=C\SC/C=C/c1cnc2cc(C)nn2c1/N=C/c1ccc(C2CC(C)(O)C2)cc1. The zero-order chi connectivity index (χ0) is 21.8. The van der Waals surface area contributed by atoms with Gasteiger partial charge in [0.05, 0.1) is 11.3 Å². The average Bonchev–Trinajstić information content (AvgIpc) is 3.11. The number of hydrogen-bond donors (Lipinski definition) is 1. The van der Waals surface area contributed by atoms with Gasteiger partial charge in [0.2, 0.25) is 0 Å². The lowest BCUT2D eigenvalue weighted by molar-refractivity contribution is -0.0313. The highest BCUT2D eigenvalue weighted by Gasteiger charge is 2.38. The van der Waals surface area contributed by atoms with Crippen molar-refractivity contribution in [1.82, 2.24) is 14.6 Å². The molecule has 0 spiro atoms. The summed E-state index contributed by atoms with van der Waals surface area (Å²) in [6.45, 7) is 5.88. The first-order chi connectivity index (χ1) is 14.9. The van der Waals surface area contributed by atoms with Gasteiger partial charge < -0.3 is 5.11 Å². The van der Waals surface area contributed by atoms with E-state index in [-0.39, 0.29) is 0 Å². The Bertz CT molecular complexity index is 1130. The van der Waals surface area contributed by atoms with Gasteiger partial charge in [0.1, 0.15) is 0 Å². The number of hydrogen-bond acceptors (Lipinski definition) is 5. The number of aromatic nitrogens is 3. The Morgan fingerprint density at radius 1 is 1.29 bits per heavy atom. The molecule has 1 saturated carbocycles. The molecule has 31 heavy (non-hydrogen) atoms. The van der Waals surface area contributed by atoms with Crippen LogP contribution in [0.25, 0.3) is 11.7 Å². The summed E-state index contributed by atoms with van der Waals surface area (Å²) in [7, 11) is 0. The van der Waals surface area contributed by atoms with E-state index >= 15 is 0 Å². The molecule has 0 aliphatic heterocycles. The molecule has 0 atom stereocenters. The molecule has 0 radical (unpaired) electrons. The highest BCUT2D eigenvalue weighted by molar-refractivity contribution is 8.02. The smallest absolute Gasteiger partial charge is 0.164 e. The van der Waals surface area contributed by atoms with Gasteiger partial charge >= 0.3 is 0 Å². The molecule has 2 heterocycles. The lowest BCUT2D eigenvalue weighted by Crippen LogP contribution is -2.39. The molecule has 1 aliphatic carbocycles. The van der Waals surface area contributed by atoms with Crippen molar-refractivity contribution < 1.29 is 5.11 Å². The summed E-state index contributed by atoms with van der Waals surface area (Å²) in [5, 5.41) is 16.6. The maximum Gasteiger partial charge on any atom is 0.164 e. The minimum Gasteiger partial charge on any atom is -0.390 e. The minimum absolute atomic E-state index is 0.449. The molecule has 1 fully saturated rings. The molecule has 6 heteroatoms. The number of nitrogens with zero attached hydrogens (tertiary/aromatic N) is 4. The molecular formula is C25H28N4OS. The number of thioether (sulfide) groups is 1. The Kier molecular flexibility index (Phi) is 6.39. The van der Waals surface area contributed by atoms with E-state index in [4.69, 9.17) is 4.99 Å². The number of rotatable bonds is 7. The van der Waals surface area contributed by atoms with Crippen molar-refractivity contribution in [2.24, 2.45) is 4.99 Å². The first-order valence-electron chi connectivity index (χ1n) is 10.6. The van der Waals surface area contributed by atoms with Gasteiger partial charge in [0.15, 0.2) is 11.5 Å². The number of allylic oxidation sites excluding steroid dienone is 1. The second kappa shape index (κ2) is 9.20. The van der Waals surface area contributed by atoms with E-state index in [0.717, 1.165) is 46.9 Å². The molecule has 3 aromatic rings. The van der Waals surface area contributed by atoms with Crippen molar-refractivity contribution in [1.29, 1.82) is 0 Å². The third kappa shape index (κ3) is 5.14. The summed E-state index contributed by atoms with van der Waals surface area (Å²) < 4.78 is 1.80. The fraction of sp³-hybridized carbons (Fsp3) is 0.320. The molecule has 4 rings (SSSR count). The average molecular weight is 433 g/mol. The van der Waals surface area contributed by atoms with Crippen molar-refractivity contribution in [2.45, 2.75) is 45.1 Å². The van der Waals surface area contributed by atoms with E-state index in [9.17, 15) is 5.11 Å². The predicted octanol–water partition coefficient (Wildman–Crippen LogP) is 5.70. The lowest BCUT2D eigenvalue weighted by atomic mass is 9.69. The van der Waals surface area contributed by atoms with E-state index in [0.29, 0.717) is 5.92 Å². The van der Waals surface area contributed by atoms with E-state index in [1.54, 1.807) is 16.3 Å². The van der Waals surface area contributed by atoms with Crippen molar-refractivity contribution in [2.75, 3.05) is 5.75 Å². The topological polar surface area (TPSA) is 62.8 Å². The van der Waals surface area contributed by atoms with Crippen LogP contribution in [0, 0.1) is 6.92 Å². The second-order valence-corrected chi connectivity index (χ2v) is 9.26. The Labute approximate surface area is 187 Å². The van der Waals surface area contributed by atoms with Crippen molar-refractivity contribution >= 4 is 35.5 Å². The summed E-state index contributed by atoms with van der Waals surface area (Å²) in [4.78, 5) is 9.31. The second-order valence-electron chi connectivity index (χ2n) is 8.32. The molecule has 0 saturated heterocycles. The predicted molar refractivity (Wildman–Crippen MR) is 130 cm³/mol. The van der Waals surface area contributed by atoms with Gasteiger partial charge in [-0.2, -0.15) is 9.61 Å². The Morgan fingerprint density at radius 3 is 2.77 bits per heavy atom. The zero-order valence-electron chi connectivity index (χ0n) is 18.2. The Hall–Kier alpha value is -2.70. The minimum atomic E-state index is -0.505. The van der Waals surface area contributed by atoms with Gasteiger partial charge in [0, 0.05) is 29.8 Å². The van der Waals surface area contributed by atoms with Crippen LogP contribution in [0.5, 0.6) is 0 Å². The van der Waals surface area contributed by atoms with Crippen LogP contribution in [0.15, 0.2) is 59.1 Å². The summed E-state index contributed by atoms with van der Waals surface area (Å²) in [6.07, 6.45) is 11.6. The number of aliphatic hydroxyl groups is 1. The van der Waals surface area contributed by atoms with Crippen LogP contribution in [-0.2, 0) is 0 Å². The van der Waals surface area contributed by atoms with Gasteiger partial charge in [0.25, 0.3) is 0 Å². The number of aliphatic imine (C=N–C) groups is 1. The number of benzene rings is 1. The number of fused-ring (bicyclic) bond motifs is 1. The molecule has 160 valence electrons. The molecule has 2 aromatic heterocycles. The highest BCUT2D eigenvalue weighted by Crippen LogP contribution is 2.44. The van der Waals surface area contributed by atoms with Crippen LogP contribution >= 0.6 is 11.8 Å². The van der Waals surface area contributed by atoms with Gasteiger partial charge in [-0.1, -0.05) is 42.5 Å². The van der Waals surface area contributed by atoms with Crippen molar-refractivity contribution in [3.8, 4) is 0 Å². The third-order valence-corrected chi connectivity index (χ3v) is 6.30. The molecule has 0 unspecified atom stereocenters. The Morgan fingerprint density at radius 2 is 2.06 bits per heavy atom. The molecule has 1 N–H and O–H groups in total. The van der Waals surface area contributed by atoms with Crippen LogP contribution in [0.2, 0.25) is 0 Å². The van der Waals surface area contributed by atoms with Crippen LogP contribution < -0.4 is 0 Å². The largest absolute Gasteiger partial charge is 0.390 e. The van der Waals surface area contributed by atoms with Gasteiger partial charge in [-0.25, -0.2) is 9.98 Å². The molecular weight excluding hydrogens is 404 g/mol. The van der Waals surface area contributed by atoms with E-state index in [1.807, 2.05) is 45.3 Å². The Balaban J connectivity index is 1.57. The maximum absolute atomic E-state index is 9.98. The van der Waals surface area contributed by atoms with Gasteiger partial charge in [-0.05, 0) is 56.1 Å². The normalized spacial score (nSPS) is 21.6. The summed E-state index contributed by atoms with van der Waals surface area (Å²) in [5.74, 6) is 2.11. The highest BCUT2D eigenvalue weighted by atomic mass is 32.2. The van der Waals surface area contributed by atoms with Crippen LogP contribution in [0.1, 0.15) is 55.0 Å². The summed E-state index contributed by atoms with van der Waals surface area (Å²) in [6, 6.07) is 10.4. The fourth-order valence-electron chi connectivity index (χ4n) is 3.91. The van der Waals surface area contributed by atoms with Gasteiger partial charge in [-0.15, -0.1) is 11.8 Å². The number of aryl methyl sites for hydroxylation is 1. The molecule has 0 bridgehead atoms. The monoisotopic (exact) mass is 432 g/mol. The van der Waals surface area contributed by atoms with Crippen LogP contribution in [-0.4, -0.2) is 37.3 Å². The first-order valence-corrected chi connectivity index (χ1v) is 11.6. The summed E-state index contributed by atoms with van der Waals surface area (Å²) in [5.41, 5.74) is 4.43. The third-order valence-electron chi connectivity index (χ3n) is 5.45. The molecule has 1 aliphatic rings. The lowest BCUT2D eigenvalue weighted by Gasteiger charge is -2.41. The van der Waals surface area contributed by atoms with E-state index in [2.05, 4.69) is 51.9 Å². The molecule has 1 aromatic carbocycles. The summed E-state index contributed by atoms with van der Waals surface area (Å²) >= 11 is 1.74. The van der Waals surface area contributed by atoms with Crippen LogP contribution in [0.3, 0.4) is 0 Å². The molecule has 0 amide bonds. The van der Waals surface area contributed by atoms with E-state index in [1.165, 1.54) is 5.56 Å². The zero-order valence-corrected chi connectivity index (χ0v) is 19.0. The molecule has 5 nitrogen and oxygen atoms in total.